The van der Waals surface area contributed by atoms with Crippen LogP contribution < -0.4 is 5.32 Å². The van der Waals surface area contributed by atoms with Crippen LogP contribution in [0.2, 0.25) is 0 Å². The summed E-state index contributed by atoms with van der Waals surface area (Å²) in [4.78, 5) is 16.1. The lowest BCUT2D eigenvalue weighted by molar-refractivity contribution is -0.132. The van der Waals surface area contributed by atoms with E-state index in [1.54, 1.807) is 0 Å². The fourth-order valence-corrected chi connectivity index (χ4v) is 2.95. The summed E-state index contributed by atoms with van der Waals surface area (Å²) >= 11 is 0. The first-order chi connectivity index (χ1) is 8.02. The lowest BCUT2D eigenvalue weighted by Gasteiger charge is -2.38. The molecule has 0 bridgehead atoms. The van der Waals surface area contributed by atoms with E-state index >= 15 is 0 Å². The Labute approximate surface area is 104 Å². The number of nitrogens with one attached hydrogen (secondary N) is 1. The Morgan fingerprint density at radius 3 is 2.41 bits per heavy atom. The highest BCUT2D eigenvalue weighted by Crippen LogP contribution is 2.23. The van der Waals surface area contributed by atoms with Crippen LogP contribution in [0, 0.1) is 0 Å². The topological polar surface area (TPSA) is 35.6 Å². The third-order valence-electron chi connectivity index (χ3n) is 4.05. The van der Waals surface area contributed by atoms with E-state index in [0.717, 1.165) is 32.7 Å². The standard InChI is InChI=1S/C13H25N3O/c1-4-12(17)16-7-5-15(6-8-16)11-9-13(2,3)14-10-11/h11,14H,4-10H2,1-3H3. The van der Waals surface area contributed by atoms with Gasteiger partial charge in [-0.25, -0.2) is 0 Å². The first kappa shape index (κ1) is 12.8. The Morgan fingerprint density at radius 1 is 1.29 bits per heavy atom. The Hall–Kier alpha value is -0.610. The van der Waals surface area contributed by atoms with Gasteiger partial charge in [-0.15, -0.1) is 0 Å². The maximum absolute atomic E-state index is 11.6. The Bertz CT molecular complexity index is 282. The van der Waals surface area contributed by atoms with E-state index in [0.29, 0.717) is 18.4 Å². The van der Waals surface area contributed by atoms with E-state index in [4.69, 9.17) is 0 Å². The molecule has 0 spiro atoms. The number of rotatable bonds is 2. The maximum atomic E-state index is 11.6. The zero-order valence-electron chi connectivity index (χ0n) is 11.3. The van der Waals surface area contributed by atoms with E-state index in [1.165, 1.54) is 6.42 Å². The normalized spacial score (nSPS) is 29.6. The molecule has 0 aromatic heterocycles. The van der Waals surface area contributed by atoms with Gasteiger partial charge in [0.1, 0.15) is 0 Å². The first-order valence-corrected chi connectivity index (χ1v) is 6.79. The molecule has 2 rings (SSSR count). The summed E-state index contributed by atoms with van der Waals surface area (Å²) in [6, 6.07) is 0.656. The molecule has 1 N–H and O–H groups in total. The maximum Gasteiger partial charge on any atom is 0.222 e. The molecule has 0 aromatic carbocycles. The van der Waals surface area contributed by atoms with E-state index < -0.39 is 0 Å². The van der Waals surface area contributed by atoms with E-state index in [2.05, 4.69) is 24.1 Å². The molecule has 0 aromatic rings. The van der Waals surface area contributed by atoms with Crippen LogP contribution in [-0.4, -0.2) is 60.0 Å². The molecule has 2 aliphatic heterocycles. The van der Waals surface area contributed by atoms with Crippen molar-refractivity contribution in [3.63, 3.8) is 0 Å². The monoisotopic (exact) mass is 239 g/mol. The first-order valence-electron chi connectivity index (χ1n) is 6.79. The second-order valence-electron chi connectivity index (χ2n) is 5.89. The molecule has 0 aliphatic carbocycles. The van der Waals surface area contributed by atoms with Crippen molar-refractivity contribution in [1.29, 1.82) is 0 Å². The molecular weight excluding hydrogens is 214 g/mol. The van der Waals surface area contributed by atoms with Gasteiger partial charge in [0.05, 0.1) is 0 Å². The quantitative estimate of drug-likeness (QED) is 0.770. The smallest absolute Gasteiger partial charge is 0.222 e. The van der Waals surface area contributed by atoms with Crippen LogP contribution in [0.25, 0.3) is 0 Å². The van der Waals surface area contributed by atoms with Crippen LogP contribution in [0.15, 0.2) is 0 Å². The van der Waals surface area contributed by atoms with Crippen LogP contribution >= 0.6 is 0 Å². The Morgan fingerprint density at radius 2 is 1.94 bits per heavy atom. The average Bonchev–Trinajstić information content (AvgIpc) is 2.69. The van der Waals surface area contributed by atoms with Crippen molar-refractivity contribution in [2.45, 2.75) is 45.2 Å². The summed E-state index contributed by atoms with van der Waals surface area (Å²) in [5.74, 6) is 0.300. The van der Waals surface area contributed by atoms with E-state index in [1.807, 2.05) is 11.8 Å². The van der Waals surface area contributed by atoms with Crippen molar-refractivity contribution in [3.05, 3.63) is 0 Å². The Kier molecular flexibility index (Phi) is 3.73. The lowest BCUT2D eigenvalue weighted by Crippen LogP contribution is -2.52. The van der Waals surface area contributed by atoms with Gasteiger partial charge in [-0.05, 0) is 20.3 Å². The average molecular weight is 239 g/mol. The van der Waals surface area contributed by atoms with Gasteiger partial charge in [-0.2, -0.15) is 0 Å². The molecule has 2 saturated heterocycles. The number of amides is 1. The molecule has 2 heterocycles. The van der Waals surface area contributed by atoms with Crippen LogP contribution in [0.1, 0.15) is 33.6 Å². The summed E-state index contributed by atoms with van der Waals surface area (Å²) in [6.45, 7) is 11.5. The minimum Gasteiger partial charge on any atom is -0.340 e. The van der Waals surface area contributed by atoms with Crippen molar-refractivity contribution in [3.8, 4) is 0 Å². The van der Waals surface area contributed by atoms with Crippen molar-refractivity contribution in [2.24, 2.45) is 0 Å². The molecule has 17 heavy (non-hydrogen) atoms. The summed E-state index contributed by atoms with van der Waals surface area (Å²) in [7, 11) is 0. The van der Waals surface area contributed by atoms with Gasteiger partial charge < -0.3 is 10.2 Å². The largest absolute Gasteiger partial charge is 0.340 e. The summed E-state index contributed by atoms with van der Waals surface area (Å²) in [5, 5.41) is 3.57. The van der Waals surface area contributed by atoms with Gasteiger partial charge >= 0.3 is 0 Å². The molecule has 0 saturated carbocycles. The zero-order valence-corrected chi connectivity index (χ0v) is 11.3. The van der Waals surface area contributed by atoms with Gasteiger partial charge in [-0.1, -0.05) is 6.92 Å². The van der Waals surface area contributed by atoms with Crippen molar-refractivity contribution < 1.29 is 4.79 Å². The zero-order chi connectivity index (χ0) is 12.5. The number of hydrogen-bond donors (Lipinski definition) is 1. The number of piperazine rings is 1. The van der Waals surface area contributed by atoms with Crippen LogP contribution in [-0.2, 0) is 4.79 Å². The summed E-state index contributed by atoms with van der Waals surface area (Å²) in [6.07, 6.45) is 1.85. The van der Waals surface area contributed by atoms with Gasteiger partial charge in [0, 0.05) is 50.7 Å². The third-order valence-corrected chi connectivity index (χ3v) is 4.05. The van der Waals surface area contributed by atoms with Gasteiger partial charge in [-0.3, -0.25) is 9.69 Å². The molecule has 2 fully saturated rings. The van der Waals surface area contributed by atoms with Crippen LogP contribution in [0.4, 0.5) is 0 Å². The summed E-state index contributed by atoms with van der Waals surface area (Å²) < 4.78 is 0. The predicted octanol–water partition coefficient (Wildman–Crippen LogP) is 0.681. The molecule has 2 aliphatic rings. The van der Waals surface area contributed by atoms with Crippen LogP contribution in [0.3, 0.4) is 0 Å². The summed E-state index contributed by atoms with van der Waals surface area (Å²) in [5.41, 5.74) is 0.279. The van der Waals surface area contributed by atoms with Crippen molar-refractivity contribution >= 4 is 5.91 Å². The number of carbonyl (C=O) groups is 1. The van der Waals surface area contributed by atoms with Crippen LogP contribution in [0.5, 0.6) is 0 Å². The second-order valence-corrected chi connectivity index (χ2v) is 5.89. The fraction of sp³-hybridized carbons (Fsp3) is 0.923. The third kappa shape index (κ3) is 2.99. The number of nitrogens with zero attached hydrogens (tertiary/aromatic N) is 2. The predicted molar refractivity (Wildman–Crippen MR) is 68.9 cm³/mol. The van der Waals surface area contributed by atoms with Gasteiger partial charge in [0.2, 0.25) is 5.91 Å². The minimum absolute atomic E-state index is 0.279. The number of hydrogen-bond acceptors (Lipinski definition) is 3. The fourth-order valence-electron chi connectivity index (χ4n) is 2.95. The highest BCUT2D eigenvalue weighted by Gasteiger charge is 2.35. The highest BCUT2D eigenvalue weighted by atomic mass is 16.2. The molecule has 0 radical (unpaired) electrons. The SMILES string of the molecule is CCC(=O)N1CCN(C2CNC(C)(C)C2)CC1. The molecule has 4 nitrogen and oxygen atoms in total. The Balaban J connectivity index is 1.82. The van der Waals surface area contributed by atoms with E-state index in [-0.39, 0.29) is 5.54 Å². The number of carbonyl (C=O) groups excluding carboxylic acids is 1. The van der Waals surface area contributed by atoms with E-state index in [9.17, 15) is 4.79 Å². The highest BCUT2D eigenvalue weighted by molar-refractivity contribution is 5.75. The van der Waals surface area contributed by atoms with Gasteiger partial charge in [0.15, 0.2) is 0 Å². The van der Waals surface area contributed by atoms with Crippen molar-refractivity contribution in [2.75, 3.05) is 32.7 Å². The lowest BCUT2D eigenvalue weighted by atomic mass is 10.0. The molecule has 1 amide bonds. The minimum atomic E-state index is 0.279. The second kappa shape index (κ2) is 4.94. The molecule has 1 atom stereocenters. The molecule has 98 valence electrons. The molecular formula is C13H25N3O. The molecule has 4 heteroatoms. The van der Waals surface area contributed by atoms with Crippen molar-refractivity contribution in [1.82, 2.24) is 15.1 Å². The molecule has 1 unspecified atom stereocenters. The van der Waals surface area contributed by atoms with Gasteiger partial charge in [0.25, 0.3) is 0 Å².